The molecule has 3 rings (SSSR count). The predicted octanol–water partition coefficient (Wildman–Crippen LogP) is 4.06. The molecule has 0 spiro atoms. The summed E-state index contributed by atoms with van der Waals surface area (Å²) in [5.41, 5.74) is 1.91. The van der Waals surface area contributed by atoms with E-state index in [9.17, 15) is 15.0 Å². The van der Waals surface area contributed by atoms with E-state index in [-0.39, 0.29) is 11.0 Å². The second-order valence-electron chi connectivity index (χ2n) is 6.74. The molecule has 0 fully saturated rings. The molecule has 0 bridgehead atoms. The molecule has 0 saturated heterocycles. The summed E-state index contributed by atoms with van der Waals surface area (Å²) in [4.78, 5) is 12.3. The van der Waals surface area contributed by atoms with Gasteiger partial charge < -0.3 is 10.2 Å². The van der Waals surface area contributed by atoms with E-state index in [2.05, 4.69) is 13.8 Å². The van der Waals surface area contributed by atoms with E-state index < -0.39 is 11.6 Å². The first kappa shape index (κ1) is 15.3. The molecule has 4 heteroatoms. The summed E-state index contributed by atoms with van der Waals surface area (Å²) < 4.78 is 0. The van der Waals surface area contributed by atoms with Crippen LogP contribution in [0, 0.1) is 6.92 Å². The first-order chi connectivity index (χ1) is 10.3. The van der Waals surface area contributed by atoms with Crippen LogP contribution in [0.5, 0.6) is 0 Å². The van der Waals surface area contributed by atoms with Gasteiger partial charge in [0.05, 0.1) is 5.56 Å². The van der Waals surface area contributed by atoms with Gasteiger partial charge in [0.25, 0.3) is 0 Å². The van der Waals surface area contributed by atoms with Crippen molar-refractivity contribution in [3.63, 3.8) is 0 Å². The Morgan fingerprint density at radius 3 is 2.50 bits per heavy atom. The van der Waals surface area contributed by atoms with E-state index >= 15 is 0 Å². The van der Waals surface area contributed by atoms with E-state index in [1.54, 1.807) is 12.1 Å². The van der Waals surface area contributed by atoms with Gasteiger partial charge in [0.2, 0.25) is 0 Å². The van der Waals surface area contributed by atoms with Gasteiger partial charge in [-0.15, -0.1) is 11.3 Å². The molecule has 0 radical (unpaired) electrons. The van der Waals surface area contributed by atoms with Crippen LogP contribution < -0.4 is 0 Å². The number of fused-ring (bicyclic) bond motifs is 1. The Morgan fingerprint density at radius 2 is 1.91 bits per heavy atom. The SMILES string of the molecule is Cc1ccsc1C1(O)CCC(C)(C)c2ccc(C(=O)O)cc21. The maximum atomic E-state index is 11.4. The zero-order valence-corrected chi connectivity index (χ0v) is 13.8. The zero-order valence-electron chi connectivity index (χ0n) is 13.0. The summed E-state index contributed by atoms with van der Waals surface area (Å²) in [5, 5.41) is 22.7. The van der Waals surface area contributed by atoms with Crippen LogP contribution >= 0.6 is 11.3 Å². The van der Waals surface area contributed by atoms with Crippen molar-refractivity contribution in [2.24, 2.45) is 0 Å². The summed E-state index contributed by atoms with van der Waals surface area (Å²) in [6.45, 7) is 6.28. The molecule has 0 saturated carbocycles. The van der Waals surface area contributed by atoms with Crippen LogP contribution in [0.4, 0.5) is 0 Å². The van der Waals surface area contributed by atoms with Gasteiger partial charge >= 0.3 is 5.97 Å². The van der Waals surface area contributed by atoms with Gasteiger partial charge in [0, 0.05) is 4.88 Å². The highest BCUT2D eigenvalue weighted by Gasteiger charge is 2.44. The Labute approximate surface area is 134 Å². The van der Waals surface area contributed by atoms with Crippen molar-refractivity contribution in [1.82, 2.24) is 0 Å². The number of carboxylic acids is 1. The highest BCUT2D eigenvalue weighted by atomic mass is 32.1. The number of aryl methyl sites for hydroxylation is 1. The van der Waals surface area contributed by atoms with E-state index in [0.717, 1.165) is 28.0 Å². The highest BCUT2D eigenvalue weighted by Crippen LogP contribution is 2.49. The topological polar surface area (TPSA) is 57.5 Å². The predicted molar refractivity (Wildman–Crippen MR) is 87.7 cm³/mol. The number of aromatic carboxylic acids is 1. The van der Waals surface area contributed by atoms with Gasteiger partial charge in [-0.25, -0.2) is 4.79 Å². The van der Waals surface area contributed by atoms with Gasteiger partial charge in [-0.2, -0.15) is 0 Å². The minimum atomic E-state index is -1.09. The molecule has 0 aliphatic heterocycles. The lowest BCUT2D eigenvalue weighted by molar-refractivity contribution is 0.0523. The number of benzene rings is 1. The summed E-state index contributed by atoms with van der Waals surface area (Å²) in [7, 11) is 0. The van der Waals surface area contributed by atoms with Gasteiger partial charge in [0.15, 0.2) is 0 Å². The summed E-state index contributed by atoms with van der Waals surface area (Å²) >= 11 is 1.54. The molecule has 116 valence electrons. The fourth-order valence-corrected chi connectivity index (χ4v) is 4.47. The van der Waals surface area contributed by atoms with Crippen molar-refractivity contribution in [3.8, 4) is 0 Å². The van der Waals surface area contributed by atoms with Crippen LogP contribution in [0.3, 0.4) is 0 Å². The average molecular weight is 316 g/mol. The Bertz CT molecular complexity index is 745. The molecule has 1 heterocycles. The number of rotatable bonds is 2. The van der Waals surface area contributed by atoms with Crippen LogP contribution in [-0.2, 0) is 11.0 Å². The normalized spacial score (nSPS) is 23.1. The molecular formula is C18H20O3S. The minimum Gasteiger partial charge on any atom is -0.478 e. The van der Waals surface area contributed by atoms with Crippen molar-refractivity contribution < 1.29 is 15.0 Å². The number of aliphatic hydroxyl groups is 1. The highest BCUT2D eigenvalue weighted by molar-refractivity contribution is 7.10. The third kappa shape index (κ3) is 2.18. The molecule has 1 aliphatic rings. The molecule has 2 N–H and O–H groups in total. The van der Waals surface area contributed by atoms with Crippen LogP contribution in [0.25, 0.3) is 0 Å². The van der Waals surface area contributed by atoms with Gasteiger partial charge in [0.1, 0.15) is 5.60 Å². The lowest BCUT2D eigenvalue weighted by Gasteiger charge is -2.42. The first-order valence-electron chi connectivity index (χ1n) is 7.41. The molecule has 3 nitrogen and oxygen atoms in total. The largest absolute Gasteiger partial charge is 0.478 e. The molecule has 1 aromatic carbocycles. The third-order valence-corrected chi connectivity index (χ3v) is 5.96. The molecule has 1 aromatic heterocycles. The van der Waals surface area contributed by atoms with Crippen molar-refractivity contribution in [2.45, 2.75) is 44.6 Å². The molecule has 1 atom stereocenters. The first-order valence-corrected chi connectivity index (χ1v) is 8.29. The number of carbonyl (C=O) groups is 1. The summed E-state index contributed by atoms with van der Waals surface area (Å²) in [5.74, 6) is -0.962. The van der Waals surface area contributed by atoms with E-state index in [1.807, 2.05) is 24.4 Å². The second kappa shape index (κ2) is 4.93. The molecule has 1 unspecified atom stereocenters. The molecule has 22 heavy (non-hydrogen) atoms. The maximum absolute atomic E-state index is 11.4. The quantitative estimate of drug-likeness (QED) is 0.878. The lowest BCUT2D eigenvalue weighted by Crippen LogP contribution is -2.38. The van der Waals surface area contributed by atoms with Crippen molar-refractivity contribution in [1.29, 1.82) is 0 Å². The number of thiophene rings is 1. The van der Waals surface area contributed by atoms with Crippen LogP contribution in [0.15, 0.2) is 29.6 Å². The lowest BCUT2D eigenvalue weighted by atomic mass is 9.66. The van der Waals surface area contributed by atoms with Gasteiger partial charge in [-0.3, -0.25) is 0 Å². The third-order valence-electron chi connectivity index (χ3n) is 4.79. The summed E-state index contributed by atoms with van der Waals surface area (Å²) in [6, 6.07) is 7.15. The van der Waals surface area contributed by atoms with Gasteiger partial charge in [-0.1, -0.05) is 19.9 Å². The van der Waals surface area contributed by atoms with E-state index in [1.165, 1.54) is 11.3 Å². The van der Waals surface area contributed by atoms with Gasteiger partial charge in [-0.05, 0) is 65.4 Å². The fraction of sp³-hybridized carbons (Fsp3) is 0.389. The second-order valence-corrected chi connectivity index (χ2v) is 7.66. The summed E-state index contributed by atoms with van der Waals surface area (Å²) in [6.07, 6.45) is 1.47. The Morgan fingerprint density at radius 1 is 1.18 bits per heavy atom. The monoisotopic (exact) mass is 316 g/mol. The molecule has 1 aliphatic carbocycles. The Kier molecular flexibility index (Phi) is 3.42. The number of hydrogen-bond acceptors (Lipinski definition) is 3. The average Bonchev–Trinajstić information content (AvgIpc) is 2.90. The smallest absolute Gasteiger partial charge is 0.335 e. The van der Waals surface area contributed by atoms with Crippen LogP contribution in [0.1, 0.15) is 58.6 Å². The Balaban J connectivity index is 2.27. The van der Waals surface area contributed by atoms with Crippen molar-refractivity contribution in [2.75, 3.05) is 0 Å². The minimum absolute atomic E-state index is 0.0657. The number of carboxylic acid groups (broad SMARTS) is 1. The van der Waals surface area contributed by atoms with Crippen LogP contribution in [-0.4, -0.2) is 16.2 Å². The Hall–Kier alpha value is -1.65. The number of hydrogen-bond donors (Lipinski definition) is 2. The fourth-order valence-electron chi connectivity index (χ4n) is 3.40. The standard InChI is InChI=1S/C18H20O3S/c1-11-6-9-22-15(11)18(21)8-7-17(2,3)13-5-4-12(16(19)20)10-14(13)18/h4-6,9-10,21H,7-8H2,1-3H3,(H,19,20). The maximum Gasteiger partial charge on any atom is 0.335 e. The molecule has 0 amide bonds. The zero-order chi connectivity index (χ0) is 16.1. The molecular weight excluding hydrogens is 296 g/mol. The molecule has 2 aromatic rings. The van der Waals surface area contributed by atoms with Crippen molar-refractivity contribution in [3.05, 3.63) is 56.8 Å². The van der Waals surface area contributed by atoms with E-state index in [0.29, 0.717) is 6.42 Å². The van der Waals surface area contributed by atoms with E-state index in [4.69, 9.17) is 0 Å². The van der Waals surface area contributed by atoms with Crippen molar-refractivity contribution >= 4 is 17.3 Å². The van der Waals surface area contributed by atoms with Crippen LogP contribution in [0.2, 0.25) is 0 Å².